The van der Waals surface area contributed by atoms with E-state index in [0.29, 0.717) is 10.6 Å². The lowest BCUT2D eigenvalue weighted by Crippen LogP contribution is -2.36. The van der Waals surface area contributed by atoms with Crippen molar-refractivity contribution in [3.63, 3.8) is 0 Å². The average Bonchev–Trinajstić information content (AvgIpc) is 2.54. The van der Waals surface area contributed by atoms with Gasteiger partial charge in [-0.25, -0.2) is 8.42 Å². The van der Waals surface area contributed by atoms with E-state index in [4.69, 9.17) is 11.6 Å². The maximum atomic E-state index is 13.1. The van der Waals surface area contributed by atoms with Crippen LogP contribution < -0.4 is 0 Å². The van der Waals surface area contributed by atoms with Crippen molar-refractivity contribution in [2.24, 2.45) is 0 Å². The first-order chi connectivity index (χ1) is 11.3. The summed E-state index contributed by atoms with van der Waals surface area (Å²) in [4.78, 5) is 0.158. The van der Waals surface area contributed by atoms with Gasteiger partial charge in [0.05, 0.1) is 11.5 Å². The number of halogens is 2. The highest BCUT2D eigenvalue weighted by atomic mass is 79.9. The molecule has 0 fully saturated rings. The third-order valence-corrected chi connectivity index (χ3v) is 6.91. The molecule has 0 bridgehead atoms. The van der Waals surface area contributed by atoms with E-state index in [1.54, 1.807) is 26.0 Å². The number of hydrogen-bond acceptors (Lipinski definition) is 3. The van der Waals surface area contributed by atoms with Gasteiger partial charge in [0, 0.05) is 22.1 Å². The molecule has 2 aromatic rings. The van der Waals surface area contributed by atoms with Gasteiger partial charge in [0.25, 0.3) is 0 Å². The van der Waals surface area contributed by atoms with Crippen molar-refractivity contribution in [2.45, 2.75) is 24.8 Å². The van der Waals surface area contributed by atoms with Crippen molar-refractivity contribution >= 4 is 37.6 Å². The normalized spacial score (nSPS) is 13.2. The summed E-state index contributed by atoms with van der Waals surface area (Å²) in [7, 11) is -3.80. The molecular formula is C17H19BrClNO3S. The van der Waals surface area contributed by atoms with Crippen molar-refractivity contribution in [1.82, 2.24) is 4.31 Å². The quantitative estimate of drug-likeness (QED) is 0.746. The Morgan fingerprint density at radius 3 is 2.54 bits per heavy atom. The van der Waals surface area contributed by atoms with E-state index < -0.39 is 16.1 Å². The molecule has 0 aliphatic rings. The van der Waals surface area contributed by atoms with E-state index in [2.05, 4.69) is 15.9 Å². The van der Waals surface area contributed by atoms with Gasteiger partial charge in [-0.2, -0.15) is 4.31 Å². The molecule has 1 N–H and O–H groups in total. The number of benzene rings is 2. The Morgan fingerprint density at radius 2 is 1.92 bits per heavy atom. The second-order valence-electron chi connectivity index (χ2n) is 5.43. The minimum absolute atomic E-state index is 0.00195. The Morgan fingerprint density at radius 1 is 1.25 bits per heavy atom. The van der Waals surface area contributed by atoms with Gasteiger partial charge in [-0.1, -0.05) is 45.7 Å². The zero-order valence-corrected chi connectivity index (χ0v) is 16.6. The van der Waals surface area contributed by atoms with Gasteiger partial charge in [-0.05, 0) is 49.2 Å². The number of rotatable bonds is 6. The second-order valence-corrected chi connectivity index (χ2v) is 8.62. The van der Waals surface area contributed by atoms with Crippen LogP contribution in [0.25, 0.3) is 0 Å². The zero-order valence-electron chi connectivity index (χ0n) is 13.4. The summed E-state index contributed by atoms with van der Waals surface area (Å²) in [6.45, 7) is 3.21. The van der Waals surface area contributed by atoms with E-state index in [9.17, 15) is 13.5 Å². The first kappa shape index (κ1) is 19.4. The van der Waals surface area contributed by atoms with Gasteiger partial charge >= 0.3 is 0 Å². The lowest BCUT2D eigenvalue weighted by atomic mass is 10.1. The van der Waals surface area contributed by atoms with Crippen LogP contribution in [-0.4, -0.2) is 31.0 Å². The molecule has 2 aromatic carbocycles. The van der Waals surface area contributed by atoms with E-state index in [1.807, 2.05) is 24.3 Å². The van der Waals surface area contributed by atoms with Gasteiger partial charge in [0.1, 0.15) is 0 Å². The van der Waals surface area contributed by atoms with Crippen LogP contribution in [-0.2, 0) is 10.0 Å². The van der Waals surface area contributed by atoms with Crippen LogP contribution in [0.4, 0.5) is 0 Å². The van der Waals surface area contributed by atoms with Crippen LogP contribution in [0.3, 0.4) is 0 Å². The topological polar surface area (TPSA) is 57.6 Å². The number of aliphatic hydroxyl groups excluding tert-OH is 1. The molecule has 0 saturated heterocycles. The van der Waals surface area contributed by atoms with E-state index in [0.717, 1.165) is 10.0 Å². The van der Waals surface area contributed by atoms with Gasteiger partial charge in [0.2, 0.25) is 10.0 Å². The van der Waals surface area contributed by atoms with Gasteiger partial charge in [0.15, 0.2) is 0 Å². The Kier molecular flexibility index (Phi) is 6.45. The van der Waals surface area contributed by atoms with Gasteiger partial charge in [-0.15, -0.1) is 0 Å². The molecule has 0 aliphatic heterocycles. The largest absolute Gasteiger partial charge is 0.395 e. The third-order valence-electron chi connectivity index (χ3n) is 3.89. The highest BCUT2D eigenvalue weighted by Gasteiger charge is 2.31. The van der Waals surface area contributed by atoms with Crippen LogP contribution in [0.1, 0.15) is 24.1 Å². The fraction of sp³-hybridized carbons (Fsp3) is 0.294. The standard InChI is InChI=1S/C17H19BrClNO3S/c1-12-16(19)7-4-8-17(12)24(22,23)20(9-10-21)13(2)14-5-3-6-15(18)11-14/h3-8,11,13,21H,9-10H2,1-2H3/t13-/m0/s1. The summed E-state index contributed by atoms with van der Waals surface area (Å²) in [5, 5.41) is 9.78. The number of hydrogen-bond donors (Lipinski definition) is 1. The van der Waals surface area contributed by atoms with E-state index in [1.165, 1.54) is 10.4 Å². The van der Waals surface area contributed by atoms with Crippen molar-refractivity contribution in [2.75, 3.05) is 13.2 Å². The molecule has 0 radical (unpaired) electrons. The minimum atomic E-state index is -3.80. The zero-order chi connectivity index (χ0) is 17.9. The highest BCUT2D eigenvalue weighted by Crippen LogP contribution is 2.31. The smallest absolute Gasteiger partial charge is 0.244 e. The Balaban J connectivity index is 2.51. The Bertz CT molecular complexity index is 826. The van der Waals surface area contributed by atoms with Crippen LogP contribution in [0.5, 0.6) is 0 Å². The number of nitrogens with zero attached hydrogens (tertiary/aromatic N) is 1. The number of sulfonamides is 1. The monoisotopic (exact) mass is 431 g/mol. The fourth-order valence-corrected chi connectivity index (χ4v) is 5.05. The van der Waals surface area contributed by atoms with Crippen molar-refractivity contribution in [1.29, 1.82) is 0 Å². The molecule has 0 aromatic heterocycles. The Labute approximate surface area is 156 Å². The van der Waals surface area contributed by atoms with Crippen molar-refractivity contribution in [3.05, 3.63) is 63.1 Å². The second kappa shape index (κ2) is 7.97. The van der Waals surface area contributed by atoms with Gasteiger partial charge in [-0.3, -0.25) is 0 Å². The lowest BCUT2D eigenvalue weighted by molar-refractivity contribution is 0.232. The Hall–Kier alpha value is -0.920. The SMILES string of the molecule is Cc1c(Cl)cccc1S(=O)(=O)N(CCO)[C@@H](C)c1cccc(Br)c1. The van der Waals surface area contributed by atoms with Crippen LogP contribution in [0, 0.1) is 6.92 Å². The number of aliphatic hydroxyl groups is 1. The van der Waals surface area contributed by atoms with E-state index >= 15 is 0 Å². The van der Waals surface area contributed by atoms with Crippen LogP contribution in [0.15, 0.2) is 51.8 Å². The molecule has 4 nitrogen and oxygen atoms in total. The molecule has 130 valence electrons. The molecule has 0 amide bonds. The average molecular weight is 433 g/mol. The molecule has 1 atom stereocenters. The van der Waals surface area contributed by atoms with Crippen LogP contribution >= 0.6 is 27.5 Å². The summed E-state index contributed by atoms with van der Waals surface area (Å²) in [5.41, 5.74) is 1.34. The molecule has 0 unspecified atom stereocenters. The molecule has 7 heteroatoms. The van der Waals surface area contributed by atoms with E-state index in [-0.39, 0.29) is 18.0 Å². The summed E-state index contributed by atoms with van der Waals surface area (Å²) in [6.07, 6.45) is 0. The first-order valence-electron chi connectivity index (χ1n) is 7.42. The summed E-state index contributed by atoms with van der Waals surface area (Å²) >= 11 is 9.48. The summed E-state index contributed by atoms with van der Waals surface area (Å²) < 4.78 is 28.4. The molecule has 0 saturated carbocycles. The molecule has 0 aliphatic carbocycles. The molecule has 0 spiro atoms. The molecule has 0 heterocycles. The third kappa shape index (κ3) is 4.00. The van der Waals surface area contributed by atoms with Crippen LogP contribution in [0.2, 0.25) is 5.02 Å². The highest BCUT2D eigenvalue weighted by molar-refractivity contribution is 9.10. The van der Waals surface area contributed by atoms with Crippen molar-refractivity contribution < 1.29 is 13.5 Å². The fourth-order valence-electron chi connectivity index (χ4n) is 2.55. The predicted octanol–water partition coefficient (Wildman–Crippen LogP) is 4.16. The molecule has 2 rings (SSSR count). The molecular weight excluding hydrogens is 414 g/mol. The lowest BCUT2D eigenvalue weighted by Gasteiger charge is -2.29. The molecule has 24 heavy (non-hydrogen) atoms. The summed E-state index contributed by atoms with van der Waals surface area (Å²) in [5.74, 6) is 0. The minimum Gasteiger partial charge on any atom is -0.395 e. The van der Waals surface area contributed by atoms with Gasteiger partial charge < -0.3 is 5.11 Å². The van der Waals surface area contributed by atoms with Crippen molar-refractivity contribution in [3.8, 4) is 0 Å². The first-order valence-corrected chi connectivity index (χ1v) is 10.0. The summed E-state index contributed by atoms with van der Waals surface area (Å²) in [6, 6.07) is 11.8. The predicted molar refractivity (Wildman–Crippen MR) is 99.7 cm³/mol. The maximum absolute atomic E-state index is 13.1. The maximum Gasteiger partial charge on any atom is 0.244 e.